The number of ketones is 1. The van der Waals surface area contributed by atoms with E-state index in [1.54, 1.807) is 13.2 Å². The van der Waals surface area contributed by atoms with Gasteiger partial charge in [-0.3, -0.25) is 9.78 Å². The minimum Gasteiger partial charge on any atom is -0.313 e. The topological polar surface area (TPSA) is 54.9 Å². The highest BCUT2D eigenvalue weighted by Gasteiger charge is 2.04. The highest BCUT2D eigenvalue weighted by molar-refractivity contribution is 5.95. The Bertz CT molecular complexity index is 268. The molecule has 0 aliphatic heterocycles. The summed E-state index contributed by atoms with van der Waals surface area (Å²) in [5.41, 5.74) is 1.23. The molecule has 1 aromatic rings. The third-order valence-corrected chi connectivity index (χ3v) is 1.40. The number of Topliss-reactive ketones (excluding diaryl/α,β-unsaturated/α-hetero) is 1. The molecule has 0 bridgehead atoms. The minimum atomic E-state index is -0.0370. The number of rotatable bonds is 3. The molecule has 0 saturated heterocycles. The lowest BCUT2D eigenvalue weighted by Gasteiger charge is -1.97. The molecule has 1 rings (SSSR count). The zero-order chi connectivity index (χ0) is 8.97. The highest BCUT2D eigenvalue weighted by Crippen LogP contribution is 1.94. The van der Waals surface area contributed by atoms with Gasteiger partial charge in [0.1, 0.15) is 5.69 Å². The summed E-state index contributed by atoms with van der Waals surface area (Å²) in [7, 11) is 1.72. The van der Waals surface area contributed by atoms with Crippen molar-refractivity contribution in [1.29, 1.82) is 0 Å². The van der Waals surface area contributed by atoms with Crippen molar-refractivity contribution >= 4 is 5.78 Å². The maximum atomic E-state index is 11.2. The van der Waals surface area contributed by atoms with Gasteiger partial charge in [-0.05, 0) is 14.0 Å². The Kier molecular flexibility index (Phi) is 2.88. The van der Waals surface area contributed by atoms with Crippen molar-refractivity contribution in [3.63, 3.8) is 0 Å². The van der Waals surface area contributed by atoms with E-state index >= 15 is 0 Å². The summed E-state index contributed by atoms with van der Waals surface area (Å²) in [5.74, 6) is -0.0370. The van der Waals surface area contributed by atoms with Crippen molar-refractivity contribution in [1.82, 2.24) is 15.3 Å². The van der Waals surface area contributed by atoms with Crippen LogP contribution in [-0.4, -0.2) is 29.3 Å². The van der Waals surface area contributed by atoms with Crippen LogP contribution in [0.4, 0.5) is 0 Å². The van der Waals surface area contributed by atoms with E-state index in [4.69, 9.17) is 0 Å². The van der Waals surface area contributed by atoms with Crippen LogP contribution in [0.1, 0.15) is 16.2 Å². The maximum Gasteiger partial charge on any atom is 0.196 e. The van der Waals surface area contributed by atoms with E-state index in [0.29, 0.717) is 12.2 Å². The van der Waals surface area contributed by atoms with Crippen LogP contribution in [0, 0.1) is 6.92 Å². The second kappa shape index (κ2) is 3.92. The van der Waals surface area contributed by atoms with Crippen molar-refractivity contribution in [2.45, 2.75) is 6.92 Å². The molecule has 0 aliphatic carbocycles. The van der Waals surface area contributed by atoms with Crippen molar-refractivity contribution < 1.29 is 4.79 Å². The summed E-state index contributed by atoms with van der Waals surface area (Å²) >= 11 is 0. The third-order valence-electron chi connectivity index (χ3n) is 1.40. The molecule has 1 aromatic heterocycles. The normalized spacial score (nSPS) is 9.83. The van der Waals surface area contributed by atoms with Crippen LogP contribution >= 0.6 is 0 Å². The summed E-state index contributed by atoms with van der Waals surface area (Å²) in [6.07, 6.45) is 3.08. The van der Waals surface area contributed by atoms with Crippen LogP contribution in [0.3, 0.4) is 0 Å². The Balaban J connectivity index is 2.75. The second-order valence-electron chi connectivity index (χ2n) is 2.50. The molecule has 0 radical (unpaired) electrons. The second-order valence-corrected chi connectivity index (χ2v) is 2.50. The molecule has 4 nitrogen and oxygen atoms in total. The zero-order valence-corrected chi connectivity index (χ0v) is 7.16. The zero-order valence-electron chi connectivity index (χ0n) is 7.16. The molecular weight excluding hydrogens is 154 g/mol. The molecule has 0 unspecified atom stereocenters. The Labute approximate surface area is 71.0 Å². The standard InChI is InChI=1S/C8H11N3O/c1-6-3-11-7(4-10-6)8(12)5-9-2/h3-4,9H,5H2,1-2H3. The largest absolute Gasteiger partial charge is 0.313 e. The molecule has 0 saturated carbocycles. The number of aryl methyl sites for hydroxylation is 1. The molecule has 12 heavy (non-hydrogen) atoms. The number of nitrogens with zero attached hydrogens (tertiary/aromatic N) is 2. The van der Waals surface area contributed by atoms with Crippen LogP contribution in [0.5, 0.6) is 0 Å². The molecule has 0 amide bonds. The SMILES string of the molecule is CNCC(=O)c1cnc(C)cn1. The Hall–Kier alpha value is -1.29. The van der Waals surface area contributed by atoms with Gasteiger partial charge in [-0.2, -0.15) is 0 Å². The smallest absolute Gasteiger partial charge is 0.196 e. The Morgan fingerprint density at radius 2 is 2.25 bits per heavy atom. The number of nitrogens with one attached hydrogen (secondary N) is 1. The minimum absolute atomic E-state index is 0.0370. The van der Waals surface area contributed by atoms with Crippen molar-refractivity contribution in [2.75, 3.05) is 13.6 Å². The first-order valence-electron chi connectivity index (χ1n) is 3.70. The number of carbonyl (C=O) groups is 1. The van der Waals surface area contributed by atoms with E-state index in [-0.39, 0.29) is 5.78 Å². The first-order valence-corrected chi connectivity index (χ1v) is 3.70. The van der Waals surface area contributed by atoms with Gasteiger partial charge in [-0.25, -0.2) is 4.98 Å². The van der Waals surface area contributed by atoms with E-state index in [9.17, 15) is 4.79 Å². The van der Waals surface area contributed by atoms with Crippen molar-refractivity contribution in [3.05, 3.63) is 23.8 Å². The number of hydrogen-bond donors (Lipinski definition) is 1. The summed E-state index contributed by atoms with van der Waals surface area (Å²) < 4.78 is 0. The third kappa shape index (κ3) is 2.10. The monoisotopic (exact) mass is 165 g/mol. The van der Waals surface area contributed by atoms with Gasteiger partial charge in [0.05, 0.1) is 18.4 Å². The number of aromatic nitrogens is 2. The Morgan fingerprint density at radius 1 is 1.50 bits per heavy atom. The number of likely N-dealkylation sites (N-methyl/N-ethyl adjacent to an activating group) is 1. The fraction of sp³-hybridized carbons (Fsp3) is 0.375. The fourth-order valence-corrected chi connectivity index (χ4v) is 0.788. The molecule has 1 heterocycles. The molecule has 0 atom stereocenters. The maximum absolute atomic E-state index is 11.2. The van der Waals surface area contributed by atoms with E-state index in [2.05, 4.69) is 15.3 Å². The van der Waals surface area contributed by atoms with Crippen LogP contribution in [0.25, 0.3) is 0 Å². The molecule has 1 N–H and O–H groups in total. The predicted octanol–water partition coefficient (Wildman–Crippen LogP) is 0.187. The lowest BCUT2D eigenvalue weighted by Crippen LogP contribution is -2.19. The van der Waals surface area contributed by atoms with Gasteiger partial charge in [-0.1, -0.05) is 0 Å². The van der Waals surface area contributed by atoms with Gasteiger partial charge < -0.3 is 5.32 Å². The molecule has 0 spiro atoms. The summed E-state index contributed by atoms with van der Waals surface area (Å²) in [5, 5.41) is 2.76. The van der Waals surface area contributed by atoms with Crippen LogP contribution in [-0.2, 0) is 0 Å². The lowest BCUT2D eigenvalue weighted by molar-refractivity contribution is 0.0988. The number of carbonyl (C=O) groups excluding carboxylic acids is 1. The number of hydrogen-bond acceptors (Lipinski definition) is 4. The fourth-order valence-electron chi connectivity index (χ4n) is 0.788. The first-order chi connectivity index (χ1) is 5.74. The average Bonchev–Trinajstić information content (AvgIpc) is 2.06. The first kappa shape index (κ1) is 8.80. The van der Waals surface area contributed by atoms with Gasteiger partial charge in [0.25, 0.3) is 0 Å². The van der Waals surface area contributed by atoms with Crippen LogP contribution < -0.4 is 5.32 Å². The highest BCUT2D eigenvalue weighted by atomic mass is 16.1. The van der Waals surface area contributed by atoms with E-state index < -0.39 is 0 Å². The average molecular weight is 165 g/mol. The summed E-state index contributed by atoms with van der Waals surface area (Å²) in [4.78, 5) is 19.1. The van der Waals surface area contributed by atoms with Gasteiger partial charge in [0, 0.05) is 6.20 Å². The quantitative estimate of drug-likeness (QED) is 0.649. The molecule has 0 fully saturated rings. The Morgan fingerprint density at radius 3 is 2.75 bits per heavy atom. The van der Waals surface area contributed by atoms with E-state index in [0.717, 1.165) is 5.69 Å². The lowest BCUT2D eigenvalue weighted by atomic mass is 10.3. The molecular formula is C8H11N3O. The molecule has 64 valence electrons. The molecule has 0 aromatic carbocycles. The van der Waals surface area contributed by atoms with Gasteiger partial charge >= 0.3 is 0 Å². The van der Waals surface area contributed by atoms with Crippen LogP contribution in [0.2, 0.25) is 0 Å². The molecule has 0 aliphatic rings. The predicted molar refractivity (Wildman–Crippen MR) is 45.0 cm³/mol. The van der Waals surface area contributed by atoms with Gasteiger partial charge in [0.15, 0.2) is 5.78 Å². The van der Waals surface area contributed by atoms with Crippen LogP contribution in [0.15, 0.2) is 12.4 Å². The van der Waals surface area contributed by atoms with Gasteiger partial charge in [-0.15, -0.1) is 0 Å². The van der Waals surface area contributed by atoms with Gasteiger partial charge in [0.2, 0.25) is 0 Å². The van der Waals surface area contributed by atoms with E-state index in [1.165, 1.54) is 6.20 Å². The van der Waals surface area contributed by atoms with Crippen molar-refractivity contribution in [3.8, 4) is 0 Å². The molecule has 4 heteroatoms. The summed E-state index contributed by atoms with van der Waals surface area (Å²) in [6.45, 7) is 2.14. The van der Waals surface area contributed by atoms with E-state index in [1.807, 2.05) is 6.92 Å². The summed E-state index contributed by atoms with van der Waals surface area (Å²) in [6, 6.07) is 0. The van der Waals surface area contributed by atoms with Crippen molar-refractivity contribution in [2.24, 2.45) is 0 Å².